The summed E-state index contributed by atoms with van der Waals surface area (Å²) < 4.78 is 0. The average Bonchev–Trinajstić information content (AvgIpc) is 2.34. The Morgan fingerprint density at radius 2 is 1.83 bits per heavy atom. The van der Waals surface area contributed by atoms with Crippen LogP contribution in [0.4, 0.5) is 0 Å². The van der Waals surface area contributed by atoms with E-state index in [0.717, 1.165) is 32.2 Å². The molecule has 0 aliphatic heterocycles. The van der Waals surface area contributed by atoms with Gasteiger partial charge < -0.3 is 15.3 Å². The normalized spacial score (nSPS) is 23.7. The molecule has 0 radical (unpaired) electrons. The minimum absolute atomic E-state index is 0.136. The molecule has 0 aromatic rings. The first-order chi connectivity index (χ1) is 8.50. The number of carboxylic acids is 1. The highest BCUT2D eigenvalue weighted by Crippen LogP contribution is 2.28. The molecule has 0 spiro atoms. The van der Waals surface area contributed by atoms with E-state index in [4.69, 9.17) is 5.11 Å². The van der Waals surface area contributed by atoms with Crippen LogP contribution >= 0.6 is 0 Å². The fourth-order valence-electron chi connectivity index (χ4n) is 2.34. The number of carbonyl (C=O) groups is 2. The van der Waals surface area contributed by atoms with Crippen LogP contribution < -0.4 is 5.32 Å². The SMILES string of the molecule is CN(C)C(=O)CCNCC1CCC(C(=O)O)CC1. The number of hydrogen-bond donors (Lipinski definition) is 2. The number of carboxylic acid groups (broad SMARTS) is 1. The first-order valence-electron chi connectivity index (χ1n) is 6.64. The molecular weight excluding hydrogens is 232 g/mol. The van der Waals surface area contributed by atoms with Crippen LogP contribution in [0.5, 0.6) is 0 Å². The Morgan fingerprint density at radius 3 is 2.33 bits per heavy atom. The van der Waals surface area contributed by atoms with E-state index in [1.165, 1.54) is 0 Å². The lowest BCUT2D eigenvalue weighted by Crippen LogP contribution is -2.31. The predicted molar refractivity (Wildman–Crippen MR) is 69.3 cm³/mol. The molecule has 2 N–H and O–H groups in total. The molecule has 0 heterocycles. The van der Waals surface area contributed by atoms with Gasteiger partial charge in [-0.3, -0.25) is 9.59 Å². The van der Waals surface area contributed by atoms with E-state index in [2.05, 4.69) is 5.32 Å². The molecule has 0 saturated heterocycles. The highest BCUT2D eigenvalue weighted by molar-refractivity contribution is 5.75. The first kappa shape index (κ1) is 15.0. The van der Waals surface area contributed by atoms with Gasteiger partial charge in [-0.25, -0.2) is 0 Å². The van der Waals surface area contributed by atoms with Crippen molar-refractivity contribution in [1.29, 1.82) is 0 Å². The van der Waals surface area contributed by atoms with Gasteiger partial charge >= 0.3 is 5.97 Å². The summed E-state index contributed by atoms with van der Waals surface area (Å²) in [6.07, 6.45) is 4.06. The third kappa shape index (κ3) is 5.04. The van der Waals surface area contributed by atoms with Gasteiger partial charge in [0.25, 0.3) is 0 Å². The van der Waals surface area contributed by atoms with Gasteiger partial charge in [-0.05, 0) is 38.1 Å². The number of nitrogens with one attached hydrogen (secondary N) is 1. The van der Waals surface area contributed by atoms with Crippen molar-refractivity contribution in [2.75, 3.05) is 27.2 Å². The Balaban J connectivity index is 2.08. The van der Waals surface area contributed by atoms with Gasteiger partial charge in [0, 0.05) is 27.1 Å². The molecule has 1 amide bonds. The van der Waals surface area contributed by atoms with E-state index in [-0.39, 0.29) is 11.8 Å². The van der Waals surface area contributed by atoms with Crippen LogP contribution in [0.3, 0.4) is 0 Å². The Kier molecular flexibility index (Phi) is 6.12. The molecule has 0 bridgehead atoms. The molecule has 0 aromatic heterocycles. The molecule has 1 saturated carbocycles. The lowest BCUT2D eigenvalue weighted by atomic mass is 9.82. The van der Waals surface area contributed by atoms with Crippen molar-refractivity contribution >= 4 is 11.9 Å². The highest BCUT2D eigenvalue weighted by atomic mass is 16.4. The fraction of sp³-hybridized carbons (Fsp3) is 0.846. The second-order valence-electron chi connectivity index (χ2n) is 5.30. The Labute approximate surface area is 109 Å². The number of aliphatic carboxylic acids is 1. The number of rotatable bonds is 6. The summed E-state index contributed by atoms with van der Waals surface area (Å²) >= 11 is 0. The molecule has 5 nitrogen and oxygen atoms in total. The van der Waals surface area contributed by atoms with Crippen LogP contribution in [0.2, 0.25) is 0 Å². The molecule has 1 fully saturated rings. The molecule has 5 heteroatoms. The highest BCUT2D eigenvalue weighted by Gasteiger charge is 2.25. The zero-order valence-electron chi connectivity index (χ0n) is 11.3. The molecule has 0 aromatic carbocycles. The van der Waals surface area contributed by atoms with Gasteiger partial charge in [0.05, 0.1) is 5.92 Å². The van der Waals surface area contributed by atoms with E-state index in [1.807, 2.05) is 0 Å². The number of nitrogens with zero attached hydrogens (tertiary/aromatic N) is 1. The van der Waals surface area contributed by atoms with Crippen molar-refractivity contribution in [1.82, 2.24) is 10.2 Å². The van der Waals surface area contributed by atoms with Gasteiger partial charge in [-0.15, -0.1) is 0 Å². The number of hydrogen-bond acceptors (Lipinski definition) is 3. The molecule has 104 valence electrons. The molecule has 1 aliphatic rings. The second kappa shape index (κ2) is 7.36. The van der Waals surface area contributed by atoms with Crippen LogP contribution in [0.1, 0.15) is 32.1 Å². The third-order valence-electron chi connectivity index (χ3n) is 3.64. The molecule has 0 atom stereocenters. The van der Waals surface area contributed by atoms with Crippen molar-refractivity contribution in [2.24, 2.45) is 11.8 Å². The van der Waals surface area contributed by atoms with Gasteiger partial charge in [0.15, 0.2) is 0 Å². The summed E-state index contributed by atoms with van der Waals surface area (Å²) in [7, 11) is 3.52. The van der Waals surface area contributed by atoms with Gasteiger partial charge in [-0.1, -0.05) is 0 Å². The van der Waals surface area contributed by atoms with Crippen molar-refractivity contribution in [3.63, 3.8) is 0 Å². The number of amides is 1. The molecule has 0 unspecified atom stereocenters. The van der Waals surface area contributed by atoms with Gasteiger partial charge in [0.1, 0.15) is 0 Å². The van der Waals surface area contributed by atoms with E-state index in [0.29, 0.717) is 18.9 Å². The zero-order valence-corrected chi connectivity index (χ0v) is 11.3. The van der Waals surface area contributed by atoms with Crippen molar-refractivity contribution in [3.8, 4) is 0 Å². The van der Waals surface area contributed by atoms with Gasteiger partial charge in [-0.2, -0.15) is 0 Å². The number of carbonyl (C=O) groups excluding carboxylic acids is 1. The summed E-state index contributed by atoms with van der Waals surface area (Å²) in [5, 5.41) is 12.2. The first-order valence-corrected chi connectivity index (χ1v) is 6.64. The van der Waals surface area contributed by atoms with Crippen LogP contribution in [0.15, 0.2) is 0 Å². The monoisotopic (exact) mass is 256 g/mol. The molecule has 18 heavy (non-hydrogen) atoms. The Morgan fingerprint density at radius 1 is 1.22 bits per heavy atom. The fourth-order valence-corrected chi connectivity index (χ4v) is 2.34. The van der Waals surface area contributed by atoms with Crippen LogP contribution in [0, 0.1) is 11.8 Å². The lowest BCUT2D eigenvalue weighted by Gasteiger charge is -2.26. The predicted octanol–water partition coefficient (Wildman–Crippen LogP) is 0.945. The summed E-state index contributed by atoms with van der Waals surface area (Å²) in [5.41, 5.74) is 0. The van der Waals surface area contributed by atoms with Crippen molar-refractivity contribution in [2.45, 2.75) is 32.1 Å². The maximum atomic E-state index is 11.3. The largest absolute Gasteiger partial charge is 0.481 e. The van der Waals surface area contributed by atoms with E-state index in [9.17, 15) is 9.59 Å². The standard InChI is InChI=1S/C13H24N2O3/c1-15(2)12(16)7-8-14-9-10-3-5-11(6-4-10)13(17)18/h10-11,14H,3-9H2,1-2H3,(H,17,18). The topological polar surface area (TPSA) is 69.6 Å². The minimum atomic E-state index is -0.655. The van der Waals surface area contributed by atoms with Crippen molar-refractivity contribution in [3.05, 3.63) is 0 Å². The van der Waals surface area contributed by atoms with Crippen LogP contribution in [-0.2, 0) is 9.59 Å². The quantitative estimate of drug-likeness (QED) is 0.694. The van der Waals surface area contributed by atoms with Crippen molar-refractivity contribution < 1.29 is 14.7 Å². The average molecular weight is 256 g/mol. The smallest absolute Gasteiger partial charge is 0.306 e. The molecule has 1 aliphatic carbocycles. The summed E-state index contributed by atoms with van der Waals surface area (Å²) in [4.78, 5) is 23.7. The maximum Gasteiger partial charge on any atom is 0.306 e. The van der Waals surface area contributed by atoms with E-state index in [1.54, 1.807) is 19.0 Å². The lowest BCUT2D eigenvalue weighted by molar-refractivity contribution is -0.143. The molecular formula is C13H24N2O3. The summed E-state index contributed by atoms with van der Waals surface area (Å²) in [6, 6.07) is 0. The molecule has 1 rings (SSSR count). The Hall–Kier alpha value is -1.10. The Bertz CT molecular complexity index is 284. The second-order valence-corrected chi connectivity index (χ2v) is 5.30. The van der Waals surface area contributed by atoms with Gasteiger partial charge in [0.2, 0.25) is 5.91 Å². The van der Waals surface area contributed by atoms with Crippen LogP contribution in [0.25, 0.3) is 0 Å². The summed E-state index contributed by atoms with van der Waals surface area (Å²) in [6.45, 7) is 1.60. The zero-order chi connectivity index (χ0) is 13.5. The third-order valence-corrected chi connectivity index (χ3v) is 3.64. The maximum absolute atomic E-state index is 11.3. The van der Waals surface area contributed by atoms with E-state index >= 15 is 0 Å². The summed E-state index contributed by atoms with van der Waals surface area (Å²) in [5.74, 6) is -0.0956. The minimum Gasteiger partial charge on any atom is -0.481 e. The van der Waals surface area contributed by atoms with Crippen LogP contribution in [-0.4, -0.2) is 49.1 Å². The van der Waals surface area contributed by atoms with E-state index < -0.39 is 5.97 Å².